The molecule has 5 nitrogen and oxygen atoms in total. The number of aryl methyl sites for hydroxylation is 1. The van der Waals surface area contributed by atoms with Crippen molar-refractivity contribution >= 4 is 10.0 Å². The zero-order valence-corrected chi connectivity index (χ0v) is 15.8. The third-order valence-electron chi connectivity index (χ3n) is 6.00. The van der Waals surface area contributed by atoms with Crippen LogP contribution in [0.3, 0.4) is 0 Å². The maximum absolute atomic E-state index is 13.0. The third-order valence-corrected chi connectivity index (χ3v) is 7.89. The normalized spacial score (nSPS) is 27.5. The molecule has 3 saturated heterocycles. The molecule has 1 spiro atoms. The highest BCUT2D eigenvalue weighted by molar-refractivity contribution is 7.89. The molecular formula is C19H28N2O3S. The SMILES string of the molecule is CCc1ccccc1S(=O)(=O)N1CC2(CC(N3CCCCC3)CO2)C1. The Hall–Kier alpha value is -0.950. The van der Waals surface area contributed by atoms with Gasteiger partial charge in [-0.25, -0.2) is 8.42 Å². The third kappa shape index (κ3) is 3.14. The molecule has 138 valence electrons. The molecule has 0 saturated carbocycles. The summed E-state index contributed by atoms with van der Waals surface area (Å²) in [5.41, 5.74) is 0.637. The zero-order chi connectivity index (χ0) is 17.5. The second kappa shape index (κ2) is 6.65. The quantitative estimate of drug-likeness (QED) is 0.822. The van der Waals surface area contributed by atoms with Gasteiger partial charge in [-0.1, -0.05) is 31.5 Å². The Morgan fingerprint density at radius 1 is 1.16 bits per heavy atom. The first-order valence-electron chi connectivity index (χ1n) is 9.50. The van der Waals surface area contributed by atoms with Crippen LogP contribution in [0.25, 0.3) is 0 Å². The number of sulfonamides is 1. The van der Waals surface area contributed by atoms with Crippen molar-refractivity contribution in [1.29, 1.82) is 0 Å². The van der Waals surface area contributed by atoms with Crippen LogP contribution >= 0.6 is 0 Å². The number of ether oxygens (including phenoxy) is 1. The fraction of sp³-hybridized carbons (Fsp3) is 0.684. The number of rotatable bonds is 4. The Balaban J connectivity index is 1.43. The van der Waals surface area contributed by atoms with E-state index in [1.54, 1.807) is 16.4 Å². The van der Waals surface area contributed by atoms with Crippen molar-refractivity contribution < 1.29 is 13.2 Å². The Labute approximate surface area is 151 Å². The standard InChI is InChI=1S/C19H28N2O3S/c1-2-16-8-4-5-9-18(16)25(22,23)21-14-19(15-21)12-17(13-24-19)20-10-6-3-7-11-20/h4-5,8-9,17H,2-3,6-7,10-15H2,1H3. The van der Waals surface area contributed by atoms with Gasteiger partial charge >= 0.3 is 0 Å². The summed E-state index contributed by atoms with van der Waals surface area (Å²) in [6.45, 7) is 6.07. The van der Waals surface area contributed by atoms with Crippen LogP contribution in [0.15, 0.2) is 29.2 Å². The van der Waals surface area contributed by atoms with E-state index in [4.69, 9.17) is 4.74 Å². The Morgan fingerprint density at radius 2 is 1.88 bits per heavy atom. The molecule has 0 N–H and O–H groups in total. The highest BCUT2D eigenvalue weighted by atomic mass is 32.2. The first-order valence-corrected chi connectivity index (χ1v) is 10.9. The molecule has 0 bridgehead atoms. The molecule has 6 heteroatoms. The van der Waals surface area contributed by atoms with E-state index in [9.17, 15) is 8.42 Å². The summed E-state index contributed by atoms with van der Waals surface area (Å²) in [5, 5.41) is 0. The van der Waals surface area contributed by atoms with Crippen LogP contribution in [0.5, 0.6) is 0 Å². The molecule has 0 aromatic heterocycles. The molecule has 25 heavy (non-hydrogen) atoms. The highest BCUT2D eigenvalue weighted by Gasteiger charge is 2.54. The molecule has 1 aromatic carbocycles. The summed E-state index contributed by atoms with van der Waals surface area (Å²) in [4.78, 5) is 3.00. The molecule has 1 atom stereocenters. The van der Waals surface area contributed by atoms with Gasteiger partial charge in [-0.15, -0.1) is 0 Å². The van der Waals surface area contributed by atoms with Gasteiger partial charge in [-0.3, -0.25) is 4.90 Å². The first kappa shape index (κ1) is 17.5. The largest absolute Gasteiger partial charge is 0.371 e. The molecule has 4 rings (SSSR count). The van der Waals surface area contributed by atoms with E-state index in [2.05, 4.69) is 4.90 Å². The lowest BCUT2D eigenvalue weighted by molar-refractivity contribution is -0.0774. The summed E-state index contributed by atoms with van der Waals surface area (Å²) in [6.07, 6.45) is 5.57. The van der Waals surface area contributed by atoms with Gasteiger partial charge < -0.3 is 4.74 Å². The van der Waals surface area contributed by atoms with E-state index in [1.165, 1.54) is 19.3 Å². The lowest BCUT2D eigenvalue weighted by atomic mass is 9.91. The monoisotopic (exact) mass is 364 g/mol. The van der Waals surface area contributed by atoms with Gasteiger partial charge in [0.1, 0.15) is 0 Å². The second-order valence-electron chi connectivity index (χ2n) is 7.68. The topological polar surface area (TPSA) is 49.9 Å². The number of hydrogen-bond donors (Lipinski definition) is 0. The molecule has 3 aliphatic rings. The fourth-order valence-electron chi connectivity index (χ4n) is 4.51. The van der Waals surface area contributed by atoms with Crippen molar-refractivity contribution in [3.05, 3.63) is 29.8 Å². The van der Waals surface area contributed by atoms with Gasteiger partial charge in [0, 0.05) is 19.1 Å². The van der Waals surface area contributed by atoms with Gasteiger partial charge in [0.15, 0.2) is 0 Å². The van der Waals surface area contributed by atoms with E-state index in [-0.39, 0.29) is 5.60 Å². The lowest BCUT2D eigenvalue weighted by Crippen LogP contribution is -2.63. The number of nitrogens with zero attached hydrogens (tertiary/aromatic N) is 2. The average molecular weight is 365 g/mol. The fourth-order valence-corrected chi connectivity index (χ4v) is 6.39. The van der Waals surface area contributed by atoms with Crippen molar-refractivity contribution in [2.24, 2.45) is 0 Å². The second-order valence-corrected chi connectivity index (χ2v) is 9.59. The smallest absolute Gasteiger partial charge is 0.243 e. The van der Waals surface area contributed by atoms with Crippen molar-refractivity contribution in [3.63, 3.8) is 0 Å². The maximum Gasteiger partial charge on any atom is 0.243 e. The summed E-state index contributed by atoms with van der Waals surface area (Å²) in [6, 6.07) is 7.80. The minimum atomic E-state index is -3.41. The van der Waals surface area contributed by atoms with Crippen LogP contribution in [0, 0.1) is 0 Å². The van der Waals surface area contributed by atoms with Crippen LogP contribution in [0.2, 0.25) is 0 Å². The van der Waals surface area contributed by atoms with Gasteiger partial charge in [0.05, 0.1) is 17.1 Å². The number of benzene rings is 1. The summed E-state index contributed by atoms with van der Waals surface area (Å²) in [5.74, 6) is 0. The van der Waals surface area contributed by atoms with Crippen LogP contribution in [0.1, 0.15) is 38.2 Å². The minimum absolute atomic E-state index is 0.254. The predicted octanol–water partition coefficient (Wildman–Crippen LogP) is 2.27. The van der Waals surface area contributed by atoms with E-state index < -0.39 is 10.0 Å². The van der Waals surface area contributed by atoms with Crippen molar-refractivity contribution in [1.82, 2.24) is 9.21 Å². The first-order chi connectivity index (χ1) is 12.0. The molecule has 3 heterocycles. The number of hydrogen-bond acceptors (Lipinski definition) is 4. The molecule has 0 amide bonds. The van der Waals surface area contributed by atoms with Crippen molar-refractivity contribution in [2.75, 3.05) is 32.8 Å². The van der Waals surface area contributed by atoms with Crippen molar-refractivity contribution in [2.45, 2.75) is 55.6 Å². The average Bonchev–Trinajstić information content (AvgIpc) is 3.07. The van der Waals surface area contributed by atoms with Crippen LogP contribution in [-0.2, 0) is 21.2 Å². The van der Waals surface area contributed by atoms with E-state index in [0.717, 1.165) is 38.1 Å². The Kier molecular flexibility index (Phi) is 4.65. The van der Waals surface area contributed by atoms with E-state index in [1.807, 2.05) is 19.1 Å². The molecule has 1 unspecified atom stereocenters. The summed E-state index contributed by atoms with van der Waals surface area (Å²) in [7, 11) is -3.41. The van der Waals surface area contributed by atoms with Crippen LogP contribution < -0.4 is 0 Å². The molecular weight excluding hydrogens is 336 g/mol. The Bertz CT molecular complexity index is 722. The molecule has 3 aliphatic heterocycles. The maximum atomic E-state index is 13.0. The van der Waals surface area contributed by atoms with Crippen molar-refractivity contribution in [3.8, 4) is 0 Å². The Morgan fingerprint density at radius 3 is 2.60 bits per heavy atom. The summed E-state index contributed by atoms with van der Waals surface area (Å²) < 4.78 is 33.7. The molecule has 1 aromatic rings. The minimum Gasteiger partial charge on any atom is -0.371 e. The van der Waals surface area contributed by atoms with E-state index in [0.29, 0.717) is 24.0 Å². The highest BCUT2D eigenvalue weighted by Crippen LogP contribution is 2.40. The predicted molar refractivity (Wildman–Crippen MR) is 97.1 cm³/mol. The number of piperidine rings is 1. The van der Waals surface area contributed by atoms with Gasteiger partial charge in [-0.05, 0) is 50.4 Å². The van der Waals surface area contributed by atoms with Crippen LogP contribution in [-0.4, -0.2) is 62.1 Å². The zero-order valence-electron chi connectivity index (χ0n) is 15.0. The lowest BCUT2D eigenvalue weighted by Gasteiger charge is -2.46. The number of likely N-dealkylation sites (tertiary alicyclic amines) is 1. The molecule has 3 fully saturated rings. The summed E-state index contributed by atoms with van der Waals surface area (Å²) >= 11 is 0. The van der Waals surface area contributed by atoms with E-state index >= 15 is 0 Å². The van der Waals surface area contributed by atoms with Crippen LogP contribution in [0.4, 0.5) is 0 Å². The molecule has 0 radical (unpaired) electrons. The van der Waals surface area contributed by atoms with Gasteiger partial charge in [-0.2, -0.15) is 4.31 Å². The van der Waals surface area contributed by atoms with Gasteiger partial charge in [0.2, 0.25) is 10.0 Å². The molecule has 0 aliphatic carbocycles. The van der Waals surface area contributed by atoms with Gasteiger partial charge in [0.25, 0.3) is 0 Å².